The van der Waals surface area contributed by atoms with Crippen molar-refractivity contribution >= 4 is 33.0 Å². The van der Waals surface area contributed by atoms with Crippen molar-refractivity contribution in [3.63, 3.8) is 0 Å². The van der Waals surface area contributed by atoms with E-state index in [2.05, 4.69) is 14.8 Å². The van der Waals surface area contributed by atoms with Crippen LogP contribution in [0.2, 0.25) is 5.02 Å². The van der Waals surface area contributed by atoms with Gasteiger partial charge in [-0.3, -0.25) is 15.0 Å². The van der Waals surface area contributed by atoms with Crippen LogP contribution in [0.1, 0.15) is 36.6 Å². The standard InChI is InChI=1S/C25H25ClN4O4S/c1-16(2)29-24(19-8-12-21(13-9-19)30(31)32)25(29)23(18-6-10-20(26)11-7-18)27-28-35(33,34)22-14-4-17(3)5-15-22/h4-16,24-25,28H,1-3H3/b27-23-/t24-,25+,29?/m0/s1. The molecule has 4 rings (SSSR count). The normalized spacial score (nSPS) is 20.0. The zero-order valence-electron chi connectivity index (χ0n) is 19.4. The second kappa shape index (κ2) is 9.77. The minimum Gasteiger partial charge on any atom is -0.282 e. The second-order valence-electron chi connectivity index (χ2n) is 8.69. The number of benzene rings is 3. The van der Waals surface area contributed by atoms with Crippen molar-refractivity contribution in [2.45, 2.75) is 43.8 Å². The lowest BCUT2D eigenvalue weighted by molar-refractivity contribution is -0.384. The fourth-order valence-electron chi connectivity index (χ4n) is 4.13. The largest absolute Gasteiger partial charge is 0.282 e. The van der Waals surface area contributed by atoms with Gasteiger partial charge in [-0.2, -0.15) is 18.4 Å². The number of hydrazone groups is 1. The van der Waals surface area contributed by atoms with Crippen molar-refractivity contribution < 1.29 is 13.3 Å². The molecule has 0 aliphatic carbocycles. The Kier molecular flexibility index (Phi) is 6.93. The predicted octanol–water partition coefficient (Wildman–Crippen LogP) is 5.07. The van der Waals surface area contributed by atoms with E-state index >= 15 is 0 Å². The van der Waals surface area contributed by atoms with Crippen LogP contribution in [0.5, 0.6) is 0 Å². The lowest BCUT2D eigenvalue weighted by Crippen LogP contribution is -2.25. The van der Waals surface area contributed by atoms with Gasteiger partial charge in [0, 0.05) is 23.2 Å². The number of nitrogens with one attached hydrogen (secondary N) is 1. The number of non-ortho nitro benzene ring substituents is 1. The average molecular weight is 513 g/mol. The van der Waals surface area contributed by atoms with Crippen LogP contribution in [0, 0.1) is 17.0 Å². The van der Waals surface area contributed by atoms with Gasteiger partial charge in [0.15, 0.2) is 0 Å². The summed E-state index contributed by atoms with van der Waals surface area (Å²) >= 11 is 6.08. The Morgan fingerprint density at radius 3 is 2.17 bits per heavy atom. The number of hydrogen-bond acceptors (Lipinski definition) is 6. The highest BCUT2D eigenvalue weighted by atomic mass is 35.5. The van der Waals surface area contributed by atoms with Crippen molar-refractivity contribution in [1.82, 2.24) is 9.73 Å². The molecule has 0 bridgehead atoms. The summed E-state index contributed by atoms with van der Waals surface area (Å²) in [6.45, 7) is 5.95. The molecule has 8 nitrogen and oxygen atoms in total. The first kappa shape index (κ1) is 24.8. The van der Waals surface area contributed by atoms with Crippen molar-refractivity contribution in [3.8, 4) is 0 Å². The smallest absolute Gasteiger partial charge is 0.276 e. The van der Waals surface area contributed by atoms with Crippen LogP contribution in [-0.2, 0) is 10.0 Å². The Labute approximate surface area is 209 Å². The molecule has 10 heteroatoms. The van der Waals surface area contributed by atoms with Gasteiger partial charge in [0.05, 0.1) is 27.6 Å². The lowest BCUT2D eigenvalue weighted by Gasteiger charge is -2.11. The van der Waals surface area contributed by atoms with Crippen LogP contribution in [0.3, 0.4) is 0 Å². The summed E-state index contributed by atoms with van der Waals surface area (Å²) in [6, 6.07) is 19.7. The third kappa shape index (κ3) is 5.37. The van der Waals surface area contributed by atoms with Crippen LogP contribution in [-0.4, -0.2) is 36.0 Å². The topological polar surface area (TPSA) is 105 Å². The number of rotatable bonds is 8. The number of nitrogens with zero attached hydrogens (tertiary/aromatic N) is 3. The fraction of sp³-hybridized carbons (Fsp3) is 0.240. The second-order valence-corrected chi connectivity index (χ2v) is 10.8. The highest BCUT2D eigenvalue weighted by molar-refractivity contribution is 7.89. The molecule has 1 aliphatic heterocycles. The van der Waals surface area contributed by atoms with Gasteiger partial charge in [0.2, 0.25) is 0 Å². The number of nitro benzene ring substituents is 1. The summed E-state index contributed by atoms with van der Waals surface area (Å²) in [6.07, 6.45) is 0. The Bertz CT molecular complexity index is 1360. The molecule has 1 saturated heterocycles. The zero-order valence-corrected chi connectivity index (χ0v) is 21.0. The molecule has 182 valence electrons. The highest BCUT2D eigenvalue weighted by Gasteiger charge is 2.53. The number of hydrogen-bond donors (Lipinski definition) is 1. The van der Waals surface area contributed by atoms with Crippen molar-refractivity contribution in [2.24, 2.45) is 5.10 Å². The van der Waals surface area contributed by atoms with Gasteiger partial charge in [-0.1, -0.05) is 53.6 Å². The third-order valence-electron chi connectivity index (χ3n) is 5.93. The predicted molar refractivity (Wildman–Crippen MR) is 136 cm³/mol. The Morgan fingerprint density at radius 2 is 1.63 bits per heavy atom. The van der Waals surface area contributed by atoms with Gasteiger partial charge in [-0.25, -0.2) is 0 Å². The summed E-state index contributed by atoms with van der Waals surface area (Å²) in [5.41, 5.74) is 3.11. The van der Waals surface area contributed by atoms with Gasteiger partial charge < -0.3 is 0 Å². The van der Waals surface area contributed by atoms with Gasteiger partial charge in [-0.15, -0.1) is 0 Å². The van der Waals surface area contributed by atoms with Crippen molar-refractivity contribution in [3.05, 3.63) is 105 Å². The molecule has 0 radical (unpaired) electrons. The molecule has 35 heavy (non-hydrogen) atoms. The molecule has 3 aromatic carbocycles. The molecule has 3 aromatic rings. The zero-order chi connectivity index (χ0) is 25.3. The first-order valence-corrected chi connectivity index (χ1v) is 12.9. The molecule has 0 saturated carbocycles. The first-order chi connectivity index (χ1) is 16.6. The van der Waals surface area contributed by atoms with E-state index in [-0.39, 0.29) is 28.7 Å². The molecule has 0 amide bonds. The minimum absolute atomic E-state index is 0.0134. The number of halogens is 1. The molecule has 1 aliphatic rings. The Balaban J connectivity index is 1.72. The van der Waals surface area contributed by atoms with E-state index < -0.39 is 14.9 Å². The monoisotopic (exact) mass is 512 g/mol. The first-order valence-electron chi connectivity index (χ1n) is 11.0. The van der Waals surface area contributed by atoms with Gasteiger partial charge in [0.1, 0.15) is 0 Å². The summed E-state index contributed by atoms with van der Waals surface area (Å²) in [5.74, 6) is 0. The number of sulfonamides is 1. The van der Waals surface area contributed by atoms with Crippen molar-refractivity contribution in [1.29, 1.82) is 0 Å². The molecule has 1 N–H and O–H groups in total. The lowest BCUT2D eigenvalue weighted by atomic mass is 10.0. The van der Waals surface area contributed by atoms with Crippen LogP contribution < -0.4 is 4.83 Å². The highest BCUT2D eigenvalue weighted by Crippen LogP contribution is 2.47. The van der Waals surface area contributed by atoms with Gasteiger partial charge >= 0.3 is 0 Å². The van der Waals surface area contributed by atoms with E-state index in [1.807, 2.05) is 20.8 Å². The van der Waals surface area contributed by atoms with Crippen LogP contribution in [0.25, 0.3) is 0 Å². The minimum atomic E-state index is -3.89. The van der Waals surface area contributed by atoms with E-state index in [0.717, 1.165) is 16.7 Å². The maximum Gasteiger partial charge on any atom is 0.276 e. The van der Waals surface area contributed by atoms with Crippen LogP contribution >= 0.6 is 11.6 Å². The SMILES string of the molecule is Cc1ccc(S(=O)(=O)N/N=C(/c2ccc(Cl)cc2)[C@@H]2[C@H](c3ccc([N+](=O)[O-])cc3)N2C(C)C)cc1. The molecular formula is C25H25ClN4O4S. The Morgan fingerprint density at radius 1 is 1.03 bits per heavy atom. The molecule has 3 atom stereocenters. The number of aryl methyl sites for hydroxylation is 1. The third-order valence-corrected chi connectivity index (χ3v) is 7.41. The summed E-state index contributed by atoms with van der Waals surface area (Å²) < 4.78 is 25.9. The van der Waals surface area contributed by atoms with Gasteiger partial charge in [-0.05, 0) is 56.2 Å². The van der Waals surface area contributed by atoms with Crippen LogP contribution in [0.15, 0.2) is 82.8 Å². The molecule has 0 spiro atoms. The summed E-state index contributed by atoms with van der Waals surface area (Å²) in [5, 5.41) is 16.0. The Hall–Kier alpha value is -3.27. The molecule has 1 unspecified atom stereocenters. The summed E-state index contributed by atoms with van der Waals surface area (Å²) in [7, 11) is -3.89. The quantitative estimate of drug-likeness (QED) is 0.196. The van der Waals surface area contributed by atoms with E-state index in [1.54, 1.807) is 48.5 Å². The average Bonchev–Trinajstić information content (AvgIpc) is 3.56. The van der Waals surface area contributed by atoms with E-state index in [4.69, 9.17) is 11.6 Å². The van der Waals surface area contributed by atoms with E-state index in [0.29, 0.717) is 10.7 Å². The van der Waals surface area contributed by atoms with E-state index in [1.165, 1.54) is 24.3 Å². The molecule has 1 fully saturated rings. The maximum atomic E-state index is 12.9. The molecule has 0 aromatic heterocycles. The van der Waals surface area contributed by atoms with Gasteiger partial charge in [0.25, 0.3) is 15.7 Å². The van der Waals surface area contributed by atoms with Crippen molar-refractivity contribution in [2.75, 3.05) is 0 Å². The number of nitro groups is 1. The summed E-state index contributed by atoms with van der Waals surface area (Å²) in [4.78, 5) is 15.3. The van der Waals surface area contributed by atoms with E-state index in [9.17, 15) is 18.5 Å². The fourth-order valence-corrected chi connectivity index (χ4v) is 5.07. The van der Waals surface area contributed by atoms with Crippen LogP contribution in [0.4, 0.5) is 5.69 Å². The molecule has 1 heterocycles. The maximum absolute atomic E-state index is 12.9. The molecular weight excluding hydrogens is 488 g/mol.